The highest BCUT2D eigenvalue weighted by Crippen LogP contribution is 2.38. The van der Waals surface area contributed by atoms with Gasteiger partial charge in [-0.1, -0.05) is 55.8 Å². The molecule has 1 heterocycles. The molecule has 0 aliphatic carbocycles. The van der Waals surface area contributed by atoms with Gasteiger partial charge in [-0.25, -0.2) is 13.2 Å². The second kappa shape index (κ2) is 12.8. The van der Waals surface area contributed by atoms with Gasteiger partial charge < -0.3 is 9.84 Å². The topological polar surface area (TPSA) is 116 Å². The number of aryl methyl sites for hydroxylation is 2. The maximum Gasteiger partial charge on any atom is 0.337 e. The number of carbonyl (C=O) groups excluding carboxylic acids is 1. The van der Waals surface area contributed by atoms with Crippen LogP contribution in [-0.2, 0) is 32.4 Å². The van der Waals surface area contributed by atoms with Gasteiger partial charge in [-0.15, -0.1) is 0 Å². The Morgan fingerprint density at radius 2 is 1.68 bits per heavy atom. The van der Waals surface area contributed by atoms with Gasteiger partial charge in [0.2, 0.25) is 0 Å². The van der Waals surface area contributed by atoms with Crippen LogP contribution in [0, 0.1) is 11.3 Å². The first-order chi connectivity index (χ1) is 19.2. The van der Waals surface area contributed by atoms with Crippen molar-refractivity contribution < 1.29 is 23.1 Å². The first-order valence-corrected chi connectivity index (χ1v) is 15.0. The molecule has 0 saturated carbocycles. The Kier molecular flexibility index (Phi) is 9.28. The minimum Gasteiger partial charge on any atom is -0.512 e. The zero-order valence-electron chi connectivity index (χ0n) is 22.6. The highest BCUT2D eigenvalue weighted by molar-refractivity contribution is 7.92. The third-order valence-electron chi connectivity index (χ3n) is 7.18. The Bertz CT molecular complexity index is 1510. The standard InChI is InChI=1S/C32H34N2O5S/c1-2-19-32(20-18-24-8-4-3-5-9-24)22-30(35)29(31(36)39-32)13-7-11-25-10-6-12-27(21-25)34-40(37,38)28-16-14-26(23-33)15-17-28/h3-6,8-10,12,14-17,21,34-35H,2,7,11,13,18-20,22H2,1H3. The number of esters is 1. The summed E-state index contributed by atoms with van der Waals surface area (Å²) in [6, 6.07) is 24.8. The van der Waals surface area contributed by atoms with Crippen LogP contribution in [0.25, 0.3) is 0 Å². The highest BCUT2D eigenvalue weighted by atomic mass is 32.2. The van der Waals surface area contributed by atoms with E-state index in [9.17, 15) is 18.3 Å². The van der Waals surface area contributed by atoms with E-state index in [2.05, 4.69) is 16.9 Å². The molecule has 0 bridgehead atoms. The van der Waals surface area contributed by atoms with E-state index in [0.717, 1.165) is 18.4 Å². The molecule has 1 aliphatic rings. The van der Waals surface area contributed by atoms with Crippen LogP contribution >= 0.6 is 0 Å². The lowest BCUT2D eigenvalue weighted by Gasteiger charge is -2.37. The second-order valence-corrected chi connectivity index (χ2v) is 11.9. The third kappa shape index (κ3) is 7.30. The van der Waals surface area contributed by atoms with Crippen LogP contribution in [0.5, 0.6) is 0 Å². The molecule has 7 nitrogen and oxygen atoms in total. The van der Waals surface area contributed by atoms with E-state index in [1.54, 1.807) is 18.2 Å². The summed E-state index contributed by atoms with van der Waals surface area (Å²) in [5.41, 5.74) is 2.49. The molecule has 0 amide bonds. The highest BCUT2D eigenvalue weighted by Gasteiger charge is 2.40. The van der Waals surface area contributed by atoms with Crippen LogP contribution < -0.4 is 4.72 Å². The molecule has 0 aromatic heterocycles. The van der Waals surface area contributed by atoms with Crippen molar-refractivity contribution in [3.8, 4) is 6.07 Å². The summed E-state index contributed by atoms with van der Waals surface area (Å²) in [7, 11) is -3.81. The van der Waals surface area contributed by atoms with E-state index in [-0.39, 0.29) is 10.7 Å². The molecule has 3 aromatic rings. The van der Waals surface area contributed by atoms with Crippen molar-refractivity contribution in [1.82, 2.24) is 0 Å². The van der Waals surface area contributed by atoms with E-state index < -0.39 is 21.6 Å². The van der Waals surface area contributed by atoms with Crippen molar-refractivity contribution >= 4 is 21.7 Å². The van der Waals surface area contributed by atoms with E-state index in [1.807, 2.05) is 37.3 Å². The molecule has 1 unspecified atom stereocenters. The molecule has 1 aliphatic heterocycles. The van der Waals surface area contributed by atoms with E-state index >= 15 is 0 Å². The smallest absolute Gasteiger partial charge is 0.337 e. The molecule has 4 rings (SSSR count). The maximum atomic E-state index is 13.0. The van der Waals surface area contributed by atoms with Gasteiger partial charge in [0.1, 0.15) is 11.4 Å². The predicted molar refractivity (Wildman–Crippen MR) is 154 cm³/mol. The monoisotopic (exact) mass is 558 g/mol. The Labute approximate surface area is 236 Å². The lowest BCUT2D eigenvalue weighted by atomic mass is 9.83. The van der Waals surface area contributed by atoms with Crippen LogP contribution in [0.2, 0.25) is 0 Å². The van der Waals surface area contributed by atoms with E-state index in [0.29, 0.717) is 55.3 Å². The first-order valence-electron chi connectivity index (χ1n) is 13.5. The number of nitrogens with one attached hydrogen (secondary N) is 1. The van der Waals surface area contributed by atoms with Crippen LogP contribution in [0.15, 0.2) is 95.1 Å². The average molecular weight is 559 g/mol. The normalized spacial score (nSPS) is 17.2. The molecule has 2 N–H and O–H groups in total. The van der Waals surface area contributed by atoms with Gasteiger partial charge in [0.15, 0.2) is 0 Å². The van der Waals surface area contributed by atoms with Gasteiger partial charge in [0.25, 0.3) is 10.0 Å². The zero-order chi connectivity index (χ0) is 28.6. The average Bonchev–Trinajstić information content (AvgIpc) is 2.94. The van der Waals surface area contributed by atoms with Gasteiger partial charge in [-0.3, -0.25) is 4.72 Å². The summed E-state index contributed by atoms with van der Waals surface area (Å²) in [6.45, 7) is 2.05. The second-order valence-electron chi connectivity index (χ2n) is 10.2. The van der Waals surface area contributed by atoms with Crippen LogP contribution in [0.1, 0.15) is 62.1 Å². The molecule has 208 valence electrons. The van der Waals surface area contributed by atoms with Gasteiger partial charge in [0.05, 0.1) is 22.1 Å². The summed E-state index contributed by atoms with van der Waals surface area (Å²) in [4.78, 5) is 13.1. The molecule has 0 spiro atoms. The number of nitriles is 1. The maximum absolute atomic E-state index is 13.0. The van der Waals surface area contributed by atoms with Gasteiger partial charge in [-0.05, 0) is 86.1 Å². The summed E-state index contributed by atoms with van der Waals surface area (Å²) < 4.78 is 34.1. The lowest BCUT2D eigenvalue weighted by Crippen LogP contribution is -2.40. The summed E-state index contributed by atoms with van der Waals surface area (Å²) in [5.74, 6) is -0.337. The number of benzene rings is 3. The molecule has 3 aromatic carbocycles. The molecule has 1 atom stereocenters. The zero-order valence-corrected chi connectivity index (χ0v) is 23.4. The van der Waals surface area contributed by atoms with Crippen molar-refractivity contribution in [1.29, 1.82) is 5.26 Å². The van der Waals surface area contributed by atoms with Gasteiger partial charge in [-0.2, -0.15) is 5.26 Å². The van der Waals surface area contributed by atoms with Gasteiger partial charge >= 0.3 is 5.97 Å². The summed E-state index contributed by atoms with van der Waals surface area (Å²) in [5, 5.41) is 19.8. The number of carbonyl (C=O) groups is 1. The minimum absolute atomic E-state index is 0.0676. The van der Waals surface area contributed by atoms with Crippen molar-refractivity contribution in [2.75, 3.05) is 4.72 Å². The van der Waals surface area contributed by atoms with Crippen molar-refractivity contribution in [3.05, 3.63) is 107 Å². The lowest BCUT2D eigenvalue weighted by molar-refractivity contribution is -0.161. The molecule has 8 heteroatoms. The summed E-state index contributed by atoms with van der Waals surface area (Å²) >= 11 is 0. The number of sulfonamides is 1. The van der Waals surface area contributed by atoms with Crippen LogP contribution in [0.4, 0.5) is 5.69 Å². The first kappa shape index (κ1) is 28.9. The van der Waals surface area contributed by atoms with E-state index in [1.165, 1.54) is 29.8 Å². The predicted octanol–water partition coefficient (Wildman–Crippen LogP) is 6.61. The fourth-order valence-electron chi connectivity index (χ4n) is 5.13. The molecule has 0 fully saturated rings. The van der Waals surface area contributed by atoms with Crippen molar-refractivity contribution in [3.63, 3.8) is 0 Å². The van der Waals surface area contributed by atoms with Gasteiger partial charge in [0, 0.05) is 12.1 Å². The summed E-state index contributed by atoms with van der Waals surface area (Å²) in [6.07, 6.45) is 4.81. The molecule has 0 radical (unpaired) electrons. The number of aliphatic hydroxyl groups excluding tert-OH is 1. The third-order valence-corrected chi connectivity index (χ3v) is 8.57. The number of anilines is 1. The molecule has 40 heavy (non-hydrogen) atoms. The van der Waals surface area contributed by atoms with E-state index in [4.69, 9.17) is 10.00 Å². The Balaban J connectivity index is 1.37. The molecule has 0 saturated heterocycles. The molecular formula is C32H34N2O5S. The largest absolute Gasteiger partial charge is 0.512 e. The number of ether oxygens (including phenoxy) is 1. The van der Waals surface area contributed by atoms with Crippen LogP contribution in [0.3, 0.4) is 0 Å². The SMILES string of the molecule is CCCC1(CCc2ccccc2)CC(O)=C(CCCc2cccc(NS(=O)(=O)c3ccc(C#N)cc3)c2)C(=O)O1. The quantitative estimate of drug-likeness (QED) is 0.242. The number of cyclic esters (lactones) is 1. The number of rotatable bonds is 12. The fourth-order valence-corrected chi connectivity index (χ4v) is 6.18. The minimum atomic E-state index is -3.81. The number of hydrogen-bond donors (Lipinski definition) is 2. The van der Waals surface area contributed by atoms with Crippen molar-refractivity contribution in [2.45, 2.75) is 68.8 Å². The van der Waals surface area contributed by atoms with Crippen molar-refractivity contribution in [2.24, 2.45) is 0 Å². The number of nitrogens with zero attached hydrogens (tertiary/aromatic N) is 1. The Hall–Kier alpha value is -4.09. The van der Waals surface area contributed by atoms with Crippen LogP contribution in [-0.4, -0.2) is 25.1 Å². The molecular weight excluding hydrogens is 524 g/mol. The number of hydrogen-bond acceptors (Lipinski definition) is 6. The number of aliphatic hydroxyl groups is 1. The Morgan fingerprint density at radius 3 is 2.35 bits per heavy atom. The fraction of sp³-hybridized carbons (Fsp3) is 0.312. The Morgan fingerprint density at radius 1 is 0.950 bits per heavy atom.